The first kappa shape index (κ1) is 51.2. The monoisotopic (exact) mass is 811 g/mol. The van der Waals surface area contributed by atoms with E-state index >= 15 is 0 Å². The fraction of sp³-hybridized carbons (Fsp3) is 0.478. The third kappa shape index (κ3) is 19.3. The number of unbranched alkanes of at least 4 members (excludes halogenated alkanes) is 6. The molecule has 2 aliphatic rings. The number of rotatable bonds is 18. The molecule has 0 radical (unpaired) electrons. The van der Waals surface area contributed by atoms with E-state index in [-0.39, 0.29) is 11.2 Å². The zero-order valence-electron chi connectivity index (χ0n) is 36.4. The van der Waals surface area contributed by atoms with Crippen LogP contribution >= 0.6 is 0 Å². The molecule has 2 unspecified atom stereocenters. The number of allylic oxidation sites excluding steroid dienone is 1. The Bertz CT molecular complexity index is 1630. The summed E-state index contributed by atoms with van der Waals surface area (Å²) in [6, 6.07) is 21.1. The molecule has 0 fully saturated rings. The molecule has 6 N–H and O–H groups in total. The largest absolute Gasteiger partial charge is 0.488 e. The van der Waals surface area contributed by atoms with Gasteiger partial charge >= 0.3 is 21.4 Å². The van der Waals surface area contributed by atoms with Gasteiger partial charge in [0.1, 0.15) is 11.2 Å². The fourth-order valence-corrected chi connectivity index (χ4v) is 6.42. The van der Waals surface area contributed by atoms with Crippen molar-refractivity contribution in [3.05, 3.63) is 108 Å². The van der Waals surface area contributed by atoms with Gasteiger partial charge < -0.3 is 39.8 Å². The Kier molecular flexibility index (Phi) is 23.4. The van der Waals surface area contributed by atoms with Crippen molar-refractivity contribution >= 4 is 55.2 Å². The summed E-state index contributed by atoms with van der Waals surface area (Å²) in [4.78, 5) is 11.2. The predicted octanol–water partition coefficient (Wildman–Crippen LogP) is 6.81. The minimum atomic E-state index is -1.43. The van der Waals surface area contributed by atoms with E-state index in [1.54, 1.807) is 54.6 Å². The van der Waals surface area contributed by atoms with Crippen LogP contribution in [-0.2, 0) is 9.68 Å². The number of oxime groups is 2. The van der Waals surface area contributed by atoms with Gasteiger partial charge in [0.25, 0.3) is 0 Å². The van der Waals surface area contributed by atoms with Gasteiger partial charge in [-0.25, -0.2) is 0 Å². The molecule has 320 valence electrons. The summed E-state index contributed by atoms with van der Waals surface area (Å²) in [5.74, 6) is 0. The highest BCUT2D eigenvalue weighted by Crippen LogP contribution is 2.32. The van der Waals surface area contributed by atoms with Crippen molar-refractivity contribution in [2.24, 2.45) is 10.3 Å². The second kappa shape index (κ2) is 27.0. The van der Waals surface area contributed by atoms with Crippen LogP contribution in [0.1, 0.15) is 148 Å². The molecule has 13 heteroatoms. The van der Waals surface area contributed by atoms with Crippen molar-refractivity contribution in [3.8, 4) is 0 Å². The maximum absolute atomic E-state index is 9.08. The first-order chi connectivity index (χ1) is 28.1. The van der Waals surface area contributed by atoms with Crippen molar-refractivity contribution in [2.75, 3.05) is 0 Å². The minimum Gasteiger partial charge on any atom is -0.423 e. The predicted molar refractivity (Wildman–Crippen MR) is 247 cm³/mol. The van der Waals surface area contributed by atoms with Gasteiger partial charge in [-0.05, 0) is 92.4 Å². The van der Waals surface area contributed by atoms with Crippen LogP contribution < -0.4 is 16.4 Å². The van der Waals surface area contributed by atoms with Gasteiger partial charge in [0.2, 0.25) is 0 Å². The highest BCUT2D eigenvalue weighted by Gasteiger charge is 2.35. The quantitative estimate of drug-likeness (QED) is 0.0464. The lowest BCUT2D eigenvalue weighted by molar-refractivity contribution is -0.0117. The fourth-order valence-electron chi connectivity index (χ4n) is 6.42. The average Bonchev–Trinajstić information content (AvgIpc) is 3.81. The Balaban J connectivity index is 0.000000289. The van der Waals surface area contributed by atoms with Crippen LogP contribution in [0, 0.1) is 0 Å². The topological polar surface area (TPSA) is 165 Å². The van der Waals surface area contributed by atoms with E-state index in [1.165, 1.54) is 56.9 Å². The molecule has 0 aliphatic carbocycles. The molecule has 0 amide bonds. The van der Waals surface area contributed by atoms with Gasteiger partial charge in [-0.3, -0.25) is 0 Å². The van der Waals surface area contributed by atoms with Gasteiger partial charge in [0, 0.05) is 12.8 Å². The summed E-state index contributed by atoms with van der Waals surface area (Å²) in [7, 11) is -4.23. The van der Waals surface area contributed by atoms with Gasteiger partial charge in [-0.15, -0.1) is 6.58 Å². The molecule has 3 aromatic carbocycles. The molecule has 0 aromatic heterocycles. The Morgan fingerprint density at radius 2 is 0.932 bits per heavy atom. The van der Waals surface area contributed by atoms with Gasteiger partial charge in [0.15, 0.2) is 0 Å². The third-order valence-corrected chi connectivity index (χ3v) is 10.2. The Morgan fingerprint density at radius 1 is 0.593 bits per heavy atom. The zero-order valence-corrected chi connectivity index (χ0v) is 36.4. The van der Waals surface area contributed by atoms with Gasteiger partial charge in [-0.2, -0.15) is 0 Å². The highest BCUT2D eigenvalue weighted by molar-refractivity contribution is 6.59. The van der Waals surface area contributed by atoms with Gasteiger partial charge in [-0.1, -0.05) is 161 Å². The first-order valence-electron chi connectivity index (χ1n) is 21.2. The maximum Gasteiger partial charge on any atom is 0.488 e. The molecule has 59 heavy (non-hydrogen) atoms. The number of benzene rings is 3. The van der Waals surface area contributed by atoms with E-state index in [0.29, 0.717) is 16.4 Å². The molecule has 2 aliphatic heterocycles. The SMILES string of the molecule is C=C(C)CCCCC.C=Cc1ccc(B(O)O)cc1.CCCCCC1(C)CC(c2ccc(B(O)O)cc2)=NO1.CCCCCC1(C)CC(c2ccc(B(O)O)cc2)=NO1. The first-order valence-corrected chi connectivity index (χ1v) is 21.2. The van der Waals surface area contributed by atoms with Crippen LogP contribution in [0.4, 0.5) is 0 Å². The second-order valence-corrected chi connectivity index (χ2v) is 16.1. The summed E-state index contributed by atoms with van der Waals surface area (Å²) < 4.78 is 0. The van der Waals surface area contributed by atoms with E-state index in [9.17, 15) is 0 Å². The summed E-state index contributed by atoms with van der Waals surface area (Å²) >= 11 is 0. The molecule has 3 aromatic rings. The van der Waals surface area contributed by atoms with Crippen LogP contribution in [0.25, 0.3) is 6.08 Å². The lowest BCUT2D eigenvalue weighted by Gasteiger charge is -2.21. The van der Waals surface area contributed by atoms with Crippen molar-refractivity contribution in [2.45, 2.75) is 143 Å². The van der Waals surface area contributed by atoms with E-state index in [1.807, 2.05) is 24.3 Å². The second-order valence-electron chi connectivity index (χ2n) is 16.1. The van der Waals surface area contributed by atoms with Crippen LogP contribution in [-0.4, -0.2) is 74.1 Å². The van der Waals surface area contributed by atoms with Crippen molar-refractivity contribution in [3.63, 3.8) is 0 Å². The Labute approximate surface area is 355 Å². The molecule has 0 spiro atoms. The molecule has 5 rings (SSSR count). The van der Waals surface area contributed by atoms with E-state index < -0.39 is 21.4 Å². The van der Waals surface area contributed by atoms with Crippen LogP contribution in [0.3, 0.4) is 0 Å². The normalized spacial score (nSPS) is 17.6. The third-order valence-electron chi connectivity index (χ3n) is 10.2. The van der Waals surface area contributed by atoms with Crippen molar-refractivity contribution in [1.82, 2.24) is 0 Å². The molecule has 0 bridgehead atoms. The number of hydrogen-bond acceptors (Lipinski definition) is 10. The smallest absolute Gasteiger partial charge is 0.423 e. The van der Waals surface area contributed by atoms with E-state index in [4.69, 9.17) is 39.8 Å². The minimum absolute atomic E-state index is 0.195. The molecule has 2 heterocycles. The van der Waals surface area contributed by atoms with Crippen LogP contribution in [0.2, 0.25) is 0 Å². The summed E-state index contributed by atoms with van der Waals surface area (Å²) in [5.41, 5.74) is 7.19. The van der Waals surface area contributed by atoms with Crippen molar-refractivity contribution < 1.29 is 39.8 Å². The molecular formula is C46H69B3N2O8. The van der Waals surface area contributed by atoms with E-state index in [0.717, 1.165) is 66.6 Å². The molecule has 10 nitrogen and oxygen atoms in total. The van der Waals surface area contributed by atoms with Gasteiger partial charge in [0.05, 0.1) is 11.4 Å². The van der Waals surface area contributed by atoms with Crippen LogP contribution in [0.5, 0.6) is 0 Å². The lowest BCUT2D eigenvalue weighted by atomic mass is 9.79. The molecule has 0 saturated carbocycles. The summed E-state index contributed by atoms with van der Waals surface area (Å²) in [6.45, 7) is 20.3. The Morgan fingerprint density at radius 3 is 1.24 bits per heavy atom. The summed E-state index contributed by atoms with van der Waals surface area (Å²) in [5, 5.41) is 62.2. The van der Waals surface area contributed by atoms with E-state index in [2.05, 4.69) is 65.0 Å². The molecule has 2 atom stereocenters. The number of hydrogen-bond donors (Lipinski definition) is 6. The highest BCUT2D eigenvalue weighted by atomic mass is 16.7. The lowest BCUT2D eigenvalue weighted by Crippen LogP contribution is -2.29. The maximum atomic E-state index is 9.08. The average molecular weight is 810 g/mol. The zero-order chi connectivity index (χ0) is 43.8. The standard InChI is InChI=1S/2C15H22BNO3.C8H9BO2.C8H16/c2*1-3-4-5-10-15(2)11-14(17-20-15)12-6-8-13(9-7-12)16(18)19;1-2-7-3-5-8(6-4-7)9(10)11;1-4-5-6-7-8(2)3/h2*6-9,18-19H,3-5,10-11H2,1-2H3;2-6,10-11H,1H2;2,4-7H2,1,3H3. The van der Waals surface area contributed by atoms with Crippen LogP contribution in [0.15, 0.2) is 102 Å². The summed E-state index contributed by atoms with van der Waals surface area (Å²) in [6.07, 6.45) is 17.7. The number of nitrogens with zero attached hydrogens (tertiary/aromatic N) is 2. The van der Waals surface area contributed by atoms with Crippen molar-refractivity contribution in [1.29, 1.82) is 0 Å². The Hall–Kier alpha value is -3.97. The molecule has 0 saturated heterocycles. The molecular weight excluding hydrogens is 741 g/mol.